The molecule has 0 radical (unpaired) electrons. The molecular weight excluding hydrogens is 332 g/mol. The molecule has 0 N–H and O–H groups in total. The first-order valence-electron chi connectivity index (χ1n) is 7.33. The second-order valence-electron chi connectivity index (χ2n) is 5.67. The Morgan fingerprint density at radius 2 is 1.09 bits per heavy atom. The van der Waals surface area contributed by atoms with Gasteiger partial charge in [-0.2, -0.15) is 0 Å². The van der Waals surface area contributed by atoms with E-state index in [2.05, 4.69) is 0 Å². The Morgan fingerprint density at radius 1 is 0.739 bits per heavy atom. The van der Waals surface area contributed by atoms with E-state index in [1.54, 1.807) is 24.3 Å². The molecule has 2 unspecified atom stereocenters. The van der Waals surface area contributed by atoms with Gasteiger partial charge in [0.2, 0.25) is 22.2 Å². The molecule has 6 heteroatoms. The fourth-order valence-corrected chi connectivity index (χ4v) is 4.40. The van der Waals surface area contributed by atoms with E-state index in [9.17, 15) is 8.42 Å². The van der Waals surface area contributed by atoms with Crippen molar-refractivity contribution in [2.45, 2.75) is 30.8 Å². The lowest BCUT2D eigenvalue weighted by atomic mass is 10.2. The van der Waals surface area contributed by atoms with E-state index >= 15 is 0 Å². The molecule has 0 saturated heterocycles. The number of rotatable bonds is 6. The van der Waals surface area contributed by atoms with Crippen LogP contribution in [0.3, 0.4) is 0 Å². The van der Waals surface area contributed by atoms with E-state index in [0.29, 0.717) is 24.3 Å². The minimum atomic E-state index is -1.71. The average molecular weight is 350 g/mol. The van der Waals surface area contributed by atoms with Crippen LogP contribution in [-0.2, 0) is 22.2 Å². The van der Waals surface area contributed by atoms with Crippen LogP contribution < -0.4 is 8.37 Å². The number of hydrogen-bond acceptors (Lipinski definition) is 4. The number of aryl methyl sites for hydroxylation is 2. The first kappa shape index (κ1) is 16.2. The highest BCUT2D eigenvalue weighted by Gasteiger charge is 2.59. The second kappa shape index (κ2) is 6.45. The molecule has 0 aliphatic heterocycles. The molecule has 2 atom stereocenters. The molecule has 1 aliphatic rings. The van der Waals surface area contributed by atoms with Gasteiger partial charge in [0.05, 0.1) is 0 Å². The molecular formula is C17H18O4S2. The normalized spacial score (nSPS) is 18.0. The highest BCUT2D eigenvalue weighted by atomic mass is 32.3. The molecule has 3 rings (SSSR count). The lowest BCUT2D eigenvalue weighted by molar-refractivity contribution is 0.537. The van der Waals surface area contributed by atoms with E-state index in [4.69, 9.17) is 8.37 Å². The lowest BCUT2D eigenvalue weighted by Gasteiger charge is -2.15. The fraction of sp³-hybridized carbons (Fsp3) is 0.294. The van der Waals surface area contributed by atoms with Crippen LogP contribution in [0.2, 0.25) is 0 Å². The molecule has 0 spiro atoms. The summed E-state index contributed by atoms with van der Waals surface area (Å²) < 4.78 is 35.0. The van der Waals surface area contributed by atoms with Crippen LogP contribution in [-0.4, -0.2) is 12.5 Å². The smallest absolute Gasteiger partial charge is 0.229 e. The van der Waals surface area contributed by atoms with Gasteiger partial charge in [0.25, 0.3) is 0 Å². The maximum absolute atomic E-state index is 12.5. The SMILES string of the molecule is Cc1ccc(OS(=O)C2(S(=O)Oc3ccc(C)cc3)CC2)cc1. The minimum Gasteiger partial charge on any atom is -0.399 e. The summed E-state index contributed by atoms with van der Waals surface area (Å²) in [5, 5.41) is 0. The highest BCUT2D eigenvalue weighted by molar-refractivity contribution is 8.00. The predicted molar refractivity (Wildman–Crippen MR) is 91.9 cm³/mol. The minimum absolute atomic E-state index is 0.507. The van der Waals surface area contributed by atoms with Gasteiger partial charge in [-0.25, -0.2) is 8.42 Å². The standard InChI is InChI=1S/C17H18O4S2/c1-13-3-7-15(8-4-13)20-22(18)17(11-12-17)23(19)21-16-9-5-14(2)6-10-16/h3-10H,11-12H2,1-2H3. The number of benzene rings is 2. The van der Waals surface area contributed by atoms with Crippen LogP contribution in [0.5, 0.6) is 11.5 Å². The van der Waals surface area contributed by atoms with Crippen molar-refractivity contribution in [3.63, 3.8) is 0 Å². The van der Waals surface area contributed by atoms with E-state index in [0.717, 1.165) is 11.1 Å². The quantitative estimate of drug-likeness (QED) is 0.799. The molecule has 2 aromatic rings. The molecule has 122 valence electrons. The van der Waals surface area contributed by atoms with Crippen LogP contribution in [0.1, 0.15) is 24.0 Å². The molecule has 1 aliphatic carbocycles. The molecule has 0 amide bonds. The van der Waals surface area contributed by atoms with Crippen LogP contribution in [0, 0.1) is 13.8 Å². The molecule has 0 bridgehead atoms. The van der Waals surface area contributed by atoms with Crippen LogP contribution >= 0.6 is 0 Å². The van der Waals surface area contributed by atoms with Crippen LogP contribution in [0.25, 0.3) is 0 Å². The maximum atomic E-state index is 12.5. The summed E-state index contributed by atoms with van der Waals surface area (Å²) in [5.41, 5.74) is 2.19. The van der Waals surface area contributed by atoms with E-state index in [1.807, 2.05) is 38.1 Å². The first-order valence-corrected chi connectivity index (χ1v) is 9.48. The van der Waals surface area contributed by atoms with Crippen molar-refractivity contribution < 1.29 is 16.8 Å². The summed E-state index contributed by atoms with van der Waals surface area (Å²) in [6, 6.07) is 14.6. The molecule has 1 saturated carbocycles. The van der Waals surface area contributed by atoms with E-state index in [1.165, 1.54) is 0 Å². The zero-order valence-electron chi connectivity index (χ0n) is 13.0. The summed E-state index contributed by atoms with van der Waals surface area (Å²) in [5.74, 6) is 1.01. The highest BCUT2D eigenvalue weighted by Crippen LogP contribution is 2.46. The van der Waals surface area contributed by atoms with Gasteiger partial charge < -0.3 is 8.37 Å². The van der Waals surface area contributed by atoms with Crippen LogP contribution in [0.4, 0.5) is 0 Å². The summed E-state index contributed by atoms with van der Waals surface area (Å²) in [6.45, 7) is 3.93. The van der Waals surface area contributed by atoms with Gasteiger partial charge in [-0.05, 0) is 51.0 Å². The van der Waals surface area contributed by atoms with Crippen molar-refractivity contribution in [2.24, 2.45) is 0 Å². The van der Waals surface area contributed by atoms with E-state index in [-0.39, 0.29) is 0 Å². The van der Waals surface area contributed by atoms with Crippen molar-refractivity contribution in [2.75, 3.05) is 0 Å². The van der Waals surface area contributed by atoms with Gasteiger partial charge in [0.15, 0.2) is 4.08 Å². The lowest BCUT2D eigenvalue weighted by Crippen LogP contribution is -2.29. The summed E-state index contributed by atoms with van der Waals surface area (Å²) >= 11 is -3.42. The molecule has 2 aromatic carbocycles. The first-order chi connectivity index (χ1) is 11.0. The third kappa shape index (κ3) is 3.64. The van der Waals surface area contributed by atoms with Crippen molar-refractivity contribution >= 4 is 22.2 Å². The Hall–Kier alpha value is -1.66. The molecule has 0 aromatic heterocycles. The zero-order valence-corrected chi connectivity index (χ0v) is 14.6. The third-order valence-electron chi connectivity index (χ3n) is 3.65. The largest absolute Gasteiger partial charge is 0.399 e. The van der Waals surface area contributed by atoms with Crippen molar-refractivity contribution in [3.8, 4) is 11.5 Å². The zero-order chi connectivity index (χ0) is 16.4. The Balaban J connectivity index is 1.68. The Kier molecular flexibility index (Phi) is 4.55. The van der Waals surface area contributed by atoms with Crippen molar-refractivity contribution in [1.82, 2.24) is 0 Å². The third-order valence-corrected chi connectivity index (χ3v) is 7.19. The molecule has 0 heterocycles. The van der Waals surface area contributed by atoms with Crippen molar-refractivity contribution in [1.29, 1.82) is 0 Å². The fourth-order valence-electron chi connectivity index (χ4n) is 2.01. The number of hydrogen-bond donors (Lipinski definition) is 0. The Labute approximate surface area is 141 Å². The topological polar surface area (TPSA) is 52.6 Å². The maximum Gasteiger partial charge on any atom is 0.229 e. The summed E-state index contributed by atoms with van der Waals surface area (Å²) in [7, 11) is 0. The molecule has 4 nitrogen and oxygen atoms in total. The van der Waals surface area contributed by atoms with Gasteiger partial charge in [-0.1, -0.05) is 35.4 Å². The van der Waals surface area contributed by atoms with Gasteiger partial charge in [0.1, 0.15) is 11.5 Å². The average Bonchev–Trinajstić information content (AvgIpc) is 3.34. The monoisotopic (exact) mass is 350 g/mol. The Bertz CT molecular complexity index is 673. The van der Waals surface area contributed by atoms with Crippen molar-refractivity contribution in [3.05, 3.63) is 59.7 Å². The Morgan fingerprint density at radius 3 is 1.39 bits per heavy atom. The summed E-state index contributed by atoms with van der Waals surface area (Å²) in [6.07, 6.45) is 1.12. The van der Waals surface area contributed by atoms with Gasteiger partial charge in [0, 0.05) is 0 Å². The van der Waals surface area contributed by atoms with Gasteiger partial charge in [-0.15, -0.1) is 0 Å². The second-order valence-corrected chi connectivity index (χ2v) is 8.77. The molecule has 23 heavy (non-hydrogen) atoms. The predicted octanol–water partition coefficient (Wildman–Crippen LogP) is 3.58. The molecule has 1 fully saturated rings. The van der Waals surface area contributed by atoms with E-state index < -0.39 is 26.2 Å². The van der Waals surface area contributed by atoms with Gasteiger partial charge >= 0.3 is 0 Å². The van der Waals surface area contributed by atoms with Gasteiger partial charge in [-0.3, -0.25) is 0 Å². The summed E-state index contributed by atoms with van der Waals surface area (Å²) in [4.78, 5) is 0. The van der Waals surface area contributed by atoms with Crippen LogP contribution in [0.15, 0.2) is 48.5 Å².